The molecule has 0 aliphatic carbocycles. The maximum absolute atomic E-state index is 12.9. The van der Waals surface area contributed by atoms with Crippen molar-refractivity contribution in [1.82, 2.24) is 10.3 Å². The summed E-state index contributed by atoms with van der Waals surface area (Å²) in [4.78, 5) is 16.0. The van der Waals surface area contributed by atoms with Crippen LogP contribution in [0, 0.1) is 5.82 Å². The number of halogens is 1. The second-order valence-electron chi connectivity index (χ2n) is 6.47. The molecule has 8 heteroatoms. The summed E-state index contributed by atoms with van der Waals surface area (Å²) in [5.41, 5.74) is 0.269. The summed E-state index contributed by atoms with van der Waals surface area (Å²) in [6.07, 6.45) is 1.91. The monoisotopic (exact) mass is 368 g/mol. The first-order valence-electron chi connectivity index (χ1n) is 7.82. The smallest absolute Gasteiger partial charge is 0.235 e. The first-order valence-corrected chi connectivity index (χ1v) is 9.64. The Balaban J connectivity index is 2.03. The highest BCUT2D eigenvalue weighted by atomic mass is 32.2. The molecule has 0 aliphatic rings. The van der Waals surface area contributed by atoms with Gasteiger partial charge in [-0.1, -0.05) is 6.92 Å². The summed E-state index contributed by atoms with van der Waals surface area (Å²) < 4.78 is 42.5. The van der Waals surface area contributed by atoms with Crippen LogP contribution in [-0.2, 0) is 20.4 Å². The minimum Gasteiger partial charge on any atom is -0.444 e. The zero-order valence-corrected chi connectivity index (χ0v) is 15.2. The lowest BCUT2D eigenvalue weighted by molar-refractivity contribution is -0.120. The average Bonchev–Trinajstić information content (AvgIpc) is 2.94. The van der Waals surface area contributed by atoms with Gasteiger partial charge in [0.05, 0.1) is 11.4 Å². The van der Waals surface area contributed by atoms with Gasteiger partial charge in [0.1, 0.15) is 17.8 Å². The third kappa shape index (κ3) is 5.67. The zero-order chi connectivity index (χ0) is 18.7. The third-order valence-electron chi connectivity index (χ3n) is 3.72. The minimum absolute atomic E-state index is 0.196. The van der Waals surface area contributed by atoms with Crippen LogP contribution in [0.25, 0.3) is 11.5 Å². The van der Waals surface area contributed by atoms with Gasteiger partial charge in [-0.25, -0.2) is 17.8 Å². The quantitative estimate of drug-likeness (QED) is 0.812. The van der Waals surface area contributed by atoms with Crippen molar-refractivity contribution in [3.05, 3.63) is 42.0 Å². The van der Waals surface area contributed by atoms with Crippen molar-refractivity contribution in [3.63, 3.8) is 0 Å². The van der Waals surface area contributed by atoms with Gasteiger partial charge in [0, 0.05) is 11.1 Å². The first-order chi connectivity index (χ1) is 11.6. The Morgan fingerprint density at radius 1 is 1.28 bits per heavy atom. The van der Waals surface area contributed by atoms with E-state index in [4.69, 9.17) is 4.42 Å². The van der Waals surface area contributed by atoms with Gasteiger partial charge < -0.3 is 9.73 Å². The van der Waals surface area contributed by atoms with Gasteiger partial charge in [0.15, 0.2) is 9.84 Å². The van der Waals surface area contributed by atoms with E-state index in [1.165, 1.54) is 30.5 Å². The molecule has 25 heavy (non-hydrogen) atoms. The highest BCUT2D eigenvalue weighted by Crippen LogP contribution is 2.20. The van der Waals surface area contributed by atoms with E-state index in [9.17, 15) is 17.6 Å². The molecule has 6 nitrogen and oxygen atoms in total. The second-order valence-corrected chi connectivity index (χ2v) is 8.53. The van der Waals surface area contributed by atoms with E-state index in [2.05, 4.69) is 10.3 Å². The van der Waals surface area contributed by atoms with E-state index in [0.717, 1.165) is 0 Å². The number of nitrogens with zero attached hydrogens (tertiary/aromatic N) is 1. The third-order valence-corrected chi connectivity index (χ3v) is 5.16. The van der Waals surface area contributed by atoms with Gasteiger partial charge in [-0.2, -0.15) is 0 Å². The lowest BCUT2D eigenvalue weighted by Gasteiger charge is -2.24. The van der Waals surface area contributed by atoms with Gasteiger partial charge in [-0.05, 0) is 44.5 Å². The second kappa shape index (κ2) is 7.35. The summed E-state index contributed by atoms with van der Waals surface area (Å²) >= 11 is 0. The molecule has 1 aromatic heterocycles. The van der Waals surface area contributed by atoms with Crippen molar-refractivity contribution >= 4 is 15.7 Å². The Kier molecular flexibility index (Phi) is 5.62. The van der Waals surface area contributed by atoms with E-state index >= 15 is 0 Å². The van der Waals surface area contributed by atoms with E-state index < -0.39 is 32.8 Å². The van der Waals surface area contributed by atoms with Crippen molar-refractivity contribution < 1.29 is 22.0 Å². The highest BCUT2D eigenvalue weighted by molar-refractivity contribution is 7.91. The van der Waals surface area contributed by atoms with Crippen molar-refractivity contribution in [2.24, 2.45) is 0 Å². The molecule has 0 radical (unpaired) electrons. The summed E-state index contributed by atoms with van der Waals surface area (Å²) in [7, 11) is -3.68. The lowest BCUT2D eigenvalue weighted by Crippen LogP contribution is -2.45. The summed E-state index contributed by atoms with van der Waals surface area (Å²) in [5, 5.41) is 2.69. The number of hydrogen-bond acceptors (Lipinski definition) is 5. The van der Waals surface area contributed by atoms with Crippen molar-refractivity contribution in [3.8, 4) is 11.5 Å². The fraction of sp³-hybridized carbons (Fsp3) is 0.412. The molecule has 1 heterocycles. The van der Waals surface area contributed by atoms with Gasteiger partial charge in [-0.15, -0.1) is 0 Å². The SMILES string of the molecule is CCC(C)(C)NC(=O)CS(=O)(=O)Cc1coc(-c2ccc(F)cc2)n1. The number of nitrogens with one attached hydrogen (secondary N) is 1. The van der Waals surface area contributed by atoms with Crippen LogP contribution in [0.15, 0.2) is 34.9 Å². The standard InChI is InChI=1S/C17H21FN2O4S/c1-4-17(2,3)20-15(21)11-25(22,23)10-14-9-24-16(19-14)12-5-7-13(18)8-6-12/h5-9H,4,10-11H2,1-3H3,(H,20,21). The zero-order valence-electron chi connectivity index (χ0n) is 14.4. The molecule has 0 unspecified atom stereocenters. The number of sulfone groups is 1. The summed E-state index contributed by atoms with van der Waals surface area (Å²) in [6, 6.07) is 5.49. The van der Waals surface area contributed by atoms with Gasteiger partial charge in [0.2, 0.25) is 11.8 Å². The van der Waals surface area contributed by atoms with Crippen LogP contribution in [0.2, 0.25) is 0 Å². The number of rotatable bonds is 7. The van der Waals surface area contributed by atoms with E-state index in [0.29, 0.717) is 12.0 Å². The number of benzene rings is 1. The van der Waals surface area contributed by atoms with Crippen LogP contribution in [0.4, 0.5) is 4.39 Å². The topological polar surface area (TPSA) is 89.3 Å². The van der Waals surface area contributed by atoms with Gasteiger partial charge in [-0.3, -0.25) is 4.79 Å². The molecule has 136 valence electrons. The van der Waals surface area contributed by atoms with Gasteiger partial charge in [0.25, 0.3) is 0 Å². The maximum Gasteiger partial charge on any atom is 0.235 e. The molecular weight excluding hydrogens is 347 g/mol. The molecule has 2 rings (SSSR count). The normalized spacial score (nSPS) is 12.2. The first kappa shape index (κ1) is 19.1. The fourth-order valence-electron chi connectivity index (χ4n) is 2.08. The predicted octanol–water partition coefficient (Wildman–Crippen LogP) is 2.70. The molecule has 0 spiro atoms. The van der Waals surface area contributed by atoms with E-state index in [-0.39, 0.29) is 17.4 Å². The molecule has 0 saturated heterocycles. The van der Waals surface area contributed by atoms with Crippen molar-refractivity contribution in [1.29, 1.82) is 0 Å². The van der Waals surface area contributed by atoms with Crippen molar-refractivity contribution in [2.75, 3.05) is 5.75 Å². The number of oxazole rings is 1. The molecule has 0 atom stereocenters. The Bertz CT molecular complexity index is 842. The molecule has 0 aliphatic heterocycles. The van der Waals surface area contributed by atoms with Crippen LogP contribution < -0.4 is 5.32 Å². The molecule has 1 aromatic carbocycles. The maximum atomic E-state index is 12.9. The van der Waals surface area contributed by atoms with Crippen LogP contribution in [0.1, 0.15) is 32.9 Å². The van der Waals surface area contributed by atoms with Crippen LogP contribution in [-0.4, -0.2) is 30.6 Å². The Morgan fingerprint density at radius 2 is 1.92 bits per heavy atom. The van der Waals surface area contributed by atoms with E-state index in [1.54, 1.807) is 0 Å². The summed E-state index contributed by atoms with van der Waals surface area (Å²) in [6.45, 7) is 5.55. The molecule has 0 bridgehead atoms. The van der Waals surface area contributed by atoms with E-state index in [1.807, 2.05) is 20.8 Å². The molecule has 1 N–H and O–H groups in total. The Hall–Kier alpha value is -2.22. The Morgan fingerprint density at radius 3 is 2.52 bits per heavy atom. The number of carbonyl (C=O) groups excluding carboxylic acids is 1. The largest absolute Gasteiger partial charge is 0.444 e. The number of hydrogen-bond donors (Lipinski definition) is 1. The highest BCUT2D eigenvalue weighted by Gasteiger charge is 2.24. The van der Waals surface area contributed by atoms with Crippen LogP contribution in [0.5, 0.6) is 0 Å². The Labute approximate surface area is 146 Å². The minimum atomic E-state index is -3.68. The van der Waals surface area contributed by atoms with Gasteiger partial charge >= 0.3 is 0 Å². The number of aromatic nitrogens is 1. The van der Waals surface area contributed by atoms with Crippen LogP contribution in [0.3, 0.4) is 0 Å². The predicted molar refractivity (Wildman–Crippen MR) is 91.9 cm³/mol. The fourth-order valence-corrected chi connectivity index (χ4v) is 3.23. The molecule has 1 amide bonds. The summed E-state index contributed by atoms with van der Waals surface area (Å²) in [5.74, 6) is -1.76. The molecule has 0 saturated carbocycles. The van der Waals surface area contributed by atoms with Crippen molar-refractivity contribution in [2.45, 2.75) is 38.5 Å². The molecule has 2 aromatic rings. The van der Waals surface area contributed by atoms with Crippen LogP contribution >= 0.6 is 0 Å². The lowest BCUT2D eigenvalue weighted by atomic mass is 10.0. The molecule has 0 fully saturated rings. The molecular formula is C17H21FN2O4S. The number of amides is 1. The number of carbonyl (C=O) groups is 1. The average molecular weight is 368 g/mol.